The minimum absolute atomic E-state index is 0. The van der Waals surface area contributed by atoms with Crippen LogP contribution in [0.3, 0.4) is 0 Å². The topological polar surface area (TPSA) is 36.4 Å². The van der Waals surface area contributed by atoms with E-state index in [-0.39, 0.29) is 18.3 Å². The molecule has 1 heterocycles. The van der Waals surface area contributed by atoms with Crippen LogP contribution >= 0.6 is 58.7 Å². The first-order valence-corrected chi connectivity index (χ1v) is 11.3. The molecule has 1 aromatic heterocycles. The maximum Gasteiger partial charge on any atom is 0.239 e. The lowest BCUT2D eigenvalue weighted by Gasteiger charge is -2.21. The Morgan fingerprint density at radius 2 is 1.79 bits per heavy atom. The number of aromatic nitrogens is 1. The van der Waals surface area contributed by atoms with Gasteiger partial charge in [0.15, 0.2) is 5.13 Å². The lowest BCUT2D eigenvalue weighted by atomic mass is 10.2. The summed E-state index contributed by atoms with van der Waals surface area (Å²) in [5.41, 5.74) is 1.91. The number of nitrogens with zero attached hydrogens (tertiary/aromatic N) is 3. The Morgan fingerprint density at radius 3 is 2.41 bits per heavy atom. The molecule has 0 bridgehead atoms. The Morgan fingerprint density at radius 1 is 1.10 bits per heavy atom. The molecule has 9 heteroatoms. The largest absolute Gasteiger partial charge is 0.308 e. The van der Waals surface area contributed by atoms with E-state index in [0.717, 1.165) is 27.2 Å². The monoisotopic (exact) mass is 489 g/mol. The van der Waals surface area contributed by atoms with Gasteiger partial charge >= 0.3 is 0 Å². The number of amides is 1. The molecule has 0 unspecified atom stereocenters. The summed E-state index contributed by atoms with van der Waals surface area (Å²) in [4.78, 5) is 22.6. The predicted molar refractivity (Wildman–Crippen MR) is 130 cm³/mol. The molecular formula is C20H22Cl3N3OS2. The summed E-state index contributed by atoms with van der Waals surface area (Å²) in [5.74, 6) is 0.354. The van der Waals surface area contributed by atoms with Gasteiger partial charge in [0.2, 0.25) is 5.91 Å². The van der Waals surface area contributed by atoms with Crippen LogP contribution < -0.4 is 4.90 Å². The molecule has 0 aliphatic carbocycles. The third-order valence-corrected chi connectivity index (χ3v) is 6.95. The summed E-state index contributed by atoms with van der Waals surface area (Å²) >= 11 is 15.2. The Labute approximate surface area is 195 Å². The minimum atomic E-state index is 0. The van der Waals surface area contributed by atoms with Crippen LogP contribution in [0.15, 0.2) is 41.3 Å². The van der Waals surface area contributed by atoms with Crippen LogP contribution in [-0.2, 0) is 4.79 Å². The van der Waals surface area contributed by atoms with Gasteiger partial charge in [-0.2, -0.15) is 0 Å². The summed E-state index contributed by atoms with van der Waals surface area (Å²) in [6.45, 7) is 3.33. The fourth-order valence-electron chi connectivity index (χ4n) is 2.59. The highest BCUT2D eigenvalue weighted by molar-refractivity contribution is 8.00. The molecule has 0 fully saturated rings. The molecule has 156 valence electrons. The second-order valence-electron chi connectivity index (χ2n) is 6.63. The van der Waals surface area contributed by atoms with Gasteiger partial charge in [-0.25, -0.2) is 4.98 Å². The van der Waals surface area contributed by atoms with Gasteiger partial charge < -0.3 is 4.90 Å². The van der Waals surface area contributed by atoms with Gasteiger partial charge in [-0.05, 0) is 56.9 Å². The van der Waals surface area contributed by atoms with Crippen molar-refractivity contribution in [2.45, 2.75) is 11.8 Å². The number of hydrogen-bond acceptors (Lipinski definition) is 5. The van der Waals surface area contributed by atoms with Gasteiger partial charge in [0.1, 0.15) is 0 Å². The molecule has 0 saturated carbocycles. The molecule has 1 amide bonds. The minimum Gasteiger partial charge on any atom is -0.308 e. The number of likely N-dealkylation sites (N-methyl/N-ethyl adjacent to an activating group) is 1. The average molecular weight is 491 g/mol. The van der Waals surface area contributed by atoms with Crippen LogP contribution in [0.2, 0.25) is 10.0 Å². The summed E-state index contributed by atoms with van der Waals surface area (Å²) in [6, 6.07) is 11.3. The summed E-state index contributed by atoms with van der Waals surface area (Å²) < 4.78 is 0.921. The van der Waals surface area contributed by atoms with Crippen LogP contribution in [0.1, 0.15) is 5.56 Å². The van der Waals surface area contributed by atoms with Gasteiger partial charge in [-0.15, -0.1) is 24.2 Å². The number of hydrogen-bond donors (Lipinski definition) is 0. The molecule has 0 atom stereocenters. The third-order valence-electron chi connectivity index (χ3n) is 4.16. The van der Waals surface area contributed by atoms with Crippen molar-refractivity contribution >= 4 is 80.0 Å². The highest BCUT2D eigenvalue weighted by Gasteiger charge is 2.21. The first-order chi connectivity index (χ1) is 13.3. The van der Waals surface area contributed by atoms with Crippen LogP contribution in [-0.4, -0.2) is 48.7 Å². The highest BCUT2D eigenvalue weighted by atomic mass is 35.5. The maximum atomic E-state index is 13.0. The van der Waals surface area contributed by atoms with Crippen molar-refractivity contribution < 1.29 is 4.79 Å². The summed E-state index contributed by atoms with van der Waals surface area (Å²) in [6.07, 6.45) is 0. The number of halogens is 3. The van der Waals surface area contributed by atoms with Gasteiger partial charge in [0, 0.05) is 23.0 Å². The van der Waals surface area contributed by atoms with Crippen molar-refractivity contribution in [2.24, 2.45) is 0 Å². The molecule has 3 aromatic rings. The molecule has 0 aliphatic rings. The number of carbonyl (C=O) groups excluding carboxylic acids is 1. The zero-order valence-electron chi connectivity index (χ0n) is 16.3. The molecule has 0 radical (unpaired) electrons. The zero-order chi connectivity index (χ0) is 20.3. The molecule has 0 spiro atoms. The molecule has 2 aromatic carbocycles. The van der Waals surface area contributed by atoms with Gasteiger partial charge in [0.05, 0.1) is 21.0 Å². The second kappa shape index (κ2) is 10.8. The number of anilines is 1. The Hall–Kier alpha value is -1.02. The van der Waals surface area contributed by atoms with E-state index in [2.05, 4.69) is 4.90 Å². The molecule has 4 nitrogen and oxygen atoms in total. The van der Waals surface area contributed by atoms with Gasteiger partial charge in [-0.1, -0.05) is 40.6 Å². The van der Waals surface area contributed by atoms with Gasteiger partial charge in [0.25, 0.3) is 0 Å². The first-order valence-electron chi connectivity index (χ1n) is 8.74. The zero-order valence-corrected chi connectivity index (χ0v) is 20.3. The average Bonchev–Trinajstić information content (AvgIpc) is 3.10. The van der Waals surface area contributed by atoms with Crippen molar-refractivity contribution in [1.82, 2.24) is 9.88 Å². The first kappa shape index (κ1) is 24.3. The van der Waals surface area contributed by atoms with E-state index in [0.29, 0.717) is 27.5 Å². The number of benzene rings is 2. The SMILES string of the molecule is Cc1ccc(Cl)c2sc(N(CCN(C)C)C(=O)CSc3ccc(Cl)cc3)nc12.Cl. The van der Waals surface area contributed by atoms with Crippen molar-refractivity contribution in [3.63, 3.8) is 0 Å². The smallest absolute Gasteiger partial charge is 0.239 e. The number of aryl methyl sites for hydroxylation is 1. The molecule has 3 rings (SSSR count). The van der Waals surface area contributed by atoms with E-state index < -0.39 is 0 Å². The molecule has 29 heavy (non-hydrogen) atoms. The van der Waals surface area contributed by atoms with Crippen molar-refractivity contribution in [2.75, 3.05) is 37.8 Å². The number of rotatable bonds is 7. The second-order valence-corrected chi connectivity index (χ2v) is 9.50. The summed E-state index contributed by atoms with van der Waals surface area (Å²) in [5, 5.41) is 2.04. The van der Waals surface area contributed by atoms with E-state index in [1.807, 2.05) is 57.4 Å². The van der Waals surface area contributed by atoms with E-state index >= 15 is 0 Å². The lowest BCUT2D eigenvalue weighted by Crippen LogP contribution is -2.37. The quantitative estimate of drug-likeness (QED) is 0.379. The molecular weight excluding hydrogens is 469 g/mol. The third kappa shape index (κ3) is 6.23. The van der Waals surface area contributed by atoms with Crippen molar-refractivity contribution in [1.29, 1.82) is 0 Å². The Bertz CT molecular complexity index is 938. The summed E-state index contributed by atoms with van der Waals surface area (Å²) in [7, 11) is 3.98. The number of thioether (sulfide) groups is 1. The number of fused-ring (bicyclic) bond motifs is 1. The normalized spacial score (nSPS) is 11.0. The van der Waals surface area contributed by atoms with E-state index in [9.17, 15) is 4.79 Å². The standard InChI is InChI=1S/C20H21Cl2N3OS2.ClH/c1-13-4-9-16(22)19-18(13)23-20(28-19)25(11-10-24(2)3)17(26)12-27-15-7-5-14(21)6-8-15;/h4-9H,10-12H2,1-3H3;1H. The van der Waals surface area contributed by atoms with Crippen molar-refractivity contribution in [3.8, 4) is 0 Å². The van der Waals surface area contributed by atoms with Crippen LogP contribution in [0.25, 0.3) is 10.2 Å². The predicted octanol–water partition coefficient (Wildman–Crippen LogP) is 6.02. The van der Waals surface area contributed by atoms with Crippen molar-refractivity contribution in [3.05, 3.63) is 52.0 Å². The van der Waals surface area contributed by atoms with E-state index in [1.165, 1.54) is 23.1 Å². The highest BCUT2D eigenvalue weighted by Crippen LogP contribution is 2.36. The molecule has 0 saturated heterocycles. The molecule has 0 aliphatic heterocycles. The van der Waals surface area contributed by atoms with E-state index in [4.69, 9.17) is 28.2 Å². The number of carbonyl (C=O) groups is 1. The fraction of sp³-hybridized carbons (Fsp3) is 0.300. The maximum absolute atomic E-state index is 13.0. The Kier molecular flexibility index (Phi) is 9.07. The van der Waals surface area contributed by atoms with E-state index in [1.54, 1.807) is 4.90 Å². The van der Waals surface area contributed by atoms with Gasteiger partial charge in [-0.3, -0.25) is 9.69 Å². The Balaban J connectivity index is 0.00000300. The molecule has 0 N–H and O–H groups in total. The fourth-order valence-corrected chi connectivity index (χ4v) is 4.85. The number of thiazole rings is 1. The van der Waals surface area contributed by atoms with Crippen LogP contribution in [0, 0.1) is 6.92 Å². The van der Waals surface area contributed by atoms with Crippen LogP contribution in [0.4, 0.5) is 5.13 Å². The van der Waals surface area contributed by atoms with Crippen LogP contribution in [0.5, 0.6) is 0 Å². The lowest BCUT2D eigenvalue weighted by molar-refractivity contribution is -0.116.